The van der Waals surface area contributed by atoms with Crippen molar-refractivity contribution in [1.29, 1.82) is 0 Å². The molecule has 0 heterocycles. The van der Waals surface area contributed by atoms with Crippen molar-refractivity contribution in [3.8, 4) is 5.75 Å². The molecule has 0 bridgehead atoms. The second kappa shape index (κ2) is 4.88. The van der Waals surface area contributed by atoms with Crippen molar-refractivity contribution in [2.75, 3.05) is 0 Å². The van der Waals surface area contributed by atoms with Gasteiger partial charge in [-0.25, -0.2) is 0 Å². The van der Waals surface area contributed by atoms with Gasteiger partial charge in [-0.2, -0.15) is 0 Å². The fourth-order valence-corrected chi connectivity index (χ4v) is 2.33. The molecule has 0 radical (unpaired) electrons. The second-order valence-electron chi connectivity index (χ2n) is 6.29. The first kappa shape index (κ1) is 13.6. The topological polar surface area (TPSA) is 26.3 Å². The molecule has 0 aliphatic heterocycles. The van der Waals surface area contributed by atoms with Crippen molar-refractivity contribution < 1.29 is 9.53 Å². The van der Waals surface area contributed by atoms with Crippen LogP contribution in [0.4, 0.5) is 0 Å². The second-order valence-corrected chi connectivity index (χ2v) is 6.29. The number of ether oxygens (including phenoxy) is 1. The molecule has 3 rings (SSSR count). The largest absolute Gasteiger partial charge is 0.425 e. The Hall–Kier alpha value is -2.35. The van der Waals surface area contributed by atoms with E-state index in [9.17, 15) is 4.79 Å². The van der Waals surface area contributed by atoms with Crippen LogP contribution in [-0.2, 0) is 4.79 Å². The Morgan fingerprint density at radius 3 is 1.81 bits per heavy atom. The lowest BCUT2D eigenvalue weighted by Crippen LogP contribution is -2.25. The molecule has 3 aromatic rings. The van der Waals surface area contributed by atoms with E-state index in [0.29, 0.717) is 5.75 Å². The molecule has 0 aliphatic carbocycles. The van der Waals surface area contributed by atoms with Gasteiger partial charge in [-0.3, -0.25) is 4.79 Å². The molecule has 0 amide bonds. The molecule has 21 heavy (non-hydrogen) atoms. The van der Waals surface area contributed by atoms with E-state index in [1.807, 2.05) is 69.3 Å². The van der Waals surface area contributed by atoms with Crippen LogP contribution in [0, 0.1) is 5.41 Å². The summed E-state index contributed by atoms with van der Waals surface area (Å²) in [5.41, 5.74) is -0.530. The number of hydrogen-bond donors (Lipinski definition) is 0. The molecule has 0 saturated carbocycles. The predicted molar refractivity (Wildman–Crippen MR) is 86.5 cm³/mol. The van der Waals surface area contributed by atoms with Crippen LogP contribution in [0.3, 0.4) is 0 Å². The van der Waals surface area contributed by atoms with E-state index >= 15 is 0 Å². The minimum Gasteiger partial charge on any atom is -0.425 e. The number of benzene rings is 3. The average Bonchev–Trinajstić information content (AvgIpc) is 2.46. The highest BCUT2D eigenvalue weighted by Crippen LogP contribution is 2.35. The van der Waals surface area contributed by atoms with Crippen LogP contribution in [0.2, 0.25) is 0 Å². The van der Waals surface area contributed by atoms with E-state index in [2.05, 4.69) is 6.07 Å². The summed E-state index contributed by atoms with van der Waals surface area (Å²) >= 11 is 0. The summed E-state index contributed by atoms with van der Waals surface area (Å²) in [6.45, 7) is 5.59. The Labute approximate surface area is 124 Å². The highest BCUT2D eigenvalue weighted by atomic mass is 16.5. The van der Waals surface area contributed by atoms with Gasteiger partial charge < -0.3 is 4.74 Å². The van der Waals surface area contributed by atoms with Gasteiger partial charge in [0.2, 0.25) is 0 Å². The normalized spacial score (nSPS) is 11.8. The van der Waals surface area contributed by atoms with Gasteiger partial charge in [0.15, 0.2) is 0 Å². The zero-order valence-corrected chi connectivity index (χ0v) is 12.5. The fourth-order valence-electron chi connectivity index (χ4n) is 2.33. The number of hydrogen-bond acceptors (Lipinski definition) is 2. The molecule has 106 valence electrons. The maximum absolute atomic E-state index is 12.3. The standard InChI is InChI=1S/C19H18O2/c1-19(2,3)18(20)21-17-15-10-6-4-8-13(15)12-14-9-5-7-11-16(14)17/h4-12H,1-3H3. The van der Waals surface area contributed by atoms with Gasteiger partial charge in [0.25, 0.3) is 0 Å². The zero-order valence-electron chi connectivity index (χ0n) is 12.5. The van der Waals surface area contributed by atoms with Gasteiger partial charge >= 0.3 is 5.97 Å². The lowest BCUT2D eigenvalue weighted by Gasteiger charge is -2.18. The average molecular weight is 278 g/mol. The predicted octanol–water partition coefficient (Wildman–Crippen LogP) is 4.94. The summed E-state index contributed by atoms with van der Waals surface area (Å²) in [5.74, 6) is 0.438. The Kier molecular flexibility index (Phi) is 3.17. The summed E-state index contributed by atoms with van der Waals surface area (Å²) in [5, 5.41) is 4.09. The molecule has 0 aliphatic rings. The molecular weight excluding hydrogens is 260 g/mol. The SMILES string of the molecule is CC(C)(C)C(=O)Oc1c2ccccc2cc2ccccc12. The summed E-state index contributed by atoms with van der Waals surface area (Å²) in [6.07, 6.45) is 0. The smallest absolute Gasteiger partial charge is 0.316 e. The molecule has 3 aromatic carbocycles. The van der Waals surface area contributed by atoms with E-state index in [4.69, 9.17) is 4.74 Å². The molecule has 0 aromatic heterocycles. The highest BCUT2D eigenvalue weighted by Gasteiger charge is 2.25. The third-order valence-electron chi connectivity index (χ3n) is 3.53. The van der Waals surface area contributed by atoms with E-state index in [0.717, 1.165) is 21.5 Å². The molecular formula is C19H18O2. The van der Waals surface area contributed by atoms with E-state index in [1.165, 1.54) is 0 Å². The number of fused-ring (bicyclic) bond motifs is 2. The van der Waals surface area contributed by atoms with Crippen molar-refractivity contribution in [2.24, 2.45) is 5.41 Å². The minimum absolute atomic E-state index is 0.219. The van der Waals surface area contributed by atoms with Crippen LogP contribution >= 0.6 is 0 Å². The molecule has 0 N–H and O–H groups in total. The third-order valence-corrected chi connectivity index (χ3v) is 3.53. The quantitative estimate of drug-likeness (QED) is 0.358. The minimum atomic E-state index is -0.530. The van der Waals surface area contributed by atoms with Crippen molar-refractivity contribution >= 4 is 27.5 Å². The van der Waals surface area contributed by atoms with E-state index in [1.54, 1.807) is 0 Å². The molecule has 0 saturated heterocycles. The van der Waals surface area contributed by atoms with Gasteiger partial charge in [-0.05, 0) is 37.6 Å². The third kappa shape index (κ3) is 2.49. The van der Waals surface area contributed by atoms with E-state index in [-0.39, 0.29) is 5.97 Å². The summed E-state index contributed by atoms with van der Waals surface area (Å²) in [4.78, 5) is 12.3. The maximum Gasteiger partial charge on any atom is 0.316 e. The summed E-state index contributed by atoms with van der Waals surface area (Å²) < 4.78 is 5.77. The van der Waals surface area contributed by atoms with Crippen LogP contribution in [0.25, 0.3) is 21.5 Å². The van der Waals surface area contributed by atoms with Crippen LogP contribution in [0.1, 0.15) is 20.8 Å². The van der Waals surface area contributed by atoms with Gasteiger partial charge in [0.05, 0.1) is 5.41 Å². The van der Waals surface area contributed by atoms with Crippen LogP contribution in [0.15, 0.2) is 54.6 Å². The number of rotatable bonds is 1. The molecule has 0 fully saturated rings. The van der Waals surface area contributed by atoms with Crippen molar-refractivity contribution in [1.82, 2.24) is 0 Å². The lowest BCUT2D eigenvalue weighted by atomic mass is 9.97. The molecule has 2 heteroatoms. The Morgan fingerprint density at radius 2 is 1.33 bits per heavy atom. The summed E-state index contributed by atoms with van der Waals surface area (Å²) in [7, 11) is 0. The van der Waals surface area contributed by atoms with Gasteiger partial charge in [-0.1, -0.05) is 48.5 Å². The van der Waals surface area contributed by atoms with Crippen LogP contribution < -0.4 is 4.74 Å². The Bertz CT molecular complexity index is 772. The summed E-state index contributed by atoms with van der Waals surface area (Å²) in [6, 6.07) is 18.1. The first-order valence-corrected chi connectivity index (χ1v) is 7.09. The van der Waals surface area contributed by atoms with E-state index < -0.39 is 5.41 Å². The lowest BCUT2D eigenvalue weighted by molar-refractivity contribution is -0.142. The first-order valence-electron chi connectivity index (χ1n) is 7.09. The van der Waals surface area contributed by atoms with Crippen molar-refractivity contribution in [3.63, 3.8) is 0 Å². The Balaban J connectivity index is 2.28. The number of esters is 1. The Morgan fingerprint density at radius 1 is 0.857 bits per heavy atom. The van der Waals surface area contributed by atoms with Crippen LogP contribution in [-0.4, -0.2) is 5.97 Å². The van der Waals surface area contributed by atoms with Gasteiger partial charge in [0.1, 0.15) is 5.75 Å². The maximum atomic E-state index is 12.3. The van der Waals surface area contributed by atoms with Crippen LogP contribution in [0.5, 0.6) is 5.75 Å². The molecule has 0 atom stereocenters. The van der Waals surface area contributed by atoms with Crippen molar-refractivity contribution in [3.05, 3.63) is 54.6 Å². The number of carbonyl (C=O) groups is 1. The molecule has 2 nitrogen and oxygen atoms in total. The zero-order chi connectivity index (χ0) is 15.0. The first-order chi connectivity index (χ1) is 9.97. The number of carbonyl (C=O) groups excluding carboxylic acids is 1. The van der Waals surface area contributed by atoms with Gasteiger partial charge in [0, 0.05) is 10.8 Å². The monoisotopic (exact) mass is 278 g/mol. The molecule has 0 unspecified atom stereocenters. The molecule has 0 spiro atoms. The fraction of sp³-hybridized carbons (Fsp3) is 0.211. The van der Waals surface area contributed by atoms with Crippen molar-refractivity contribution in [2.45, 2.75) is 20.8 Å². The highest BCUT2D eigenvalue weighted by molar-refractivity contribution is 6.06. The van der Waals surface area contributed by atoms with Gasteiger partial charge in [-0.15, -0.1) is 0 Å².